The molecule has 0 aliphatic carbocycles. The van der Waals surface area contributed by atoms with Gasteiger partial charge in [0.15, 0.2) is 0 Å². The monoisotopic (exact) mass is 308 g/mol. The fraction of sp³-hybridized carbons (Fsp3) is 0.125. The van der Waals surface area contributed by atoms with Gasteiger partial charge < -0.3 is 0 Å². The van der Waals surface area contributed by atoms with E-state index in [9.17, 15) is 8.42 Å². The van der Waals surface area contributed by atoms with Crippen LogP contribution in [-0.2, 0) is 14.4 Å². The molecule has 0 spiro atoms. The number of rotatable bonds is 4. The molecule has 0 atom stereocenters. The van der Waals surface area contributed by atoms with Crippen molar-refractivity contribution >= 4 is 44.6 Å². The van der Waals surface area contributed by atoms with Gasteiger partial charge in [-0.1, -0.05) is 5.23 Å². The molecule has 0 saturated carbocycles. The third-order valence-corrected chi connectivity index (χ3v) is 4.55. The zero-order chi connectivity index (χ0) is 13.3. The lowest BCUT2D eigenvalue weighted by Crippen LogP contribution is -2.07. The van der Waals surface area contributed by atoms with Crippen LogP contribution in [0.2, 0.25) is 0 Å². The Morgan fingerprint density at radius 1 is 1.50 bits per heavy atom. The molecule has 2 aromatic rings. The normalized spacial score (nSPS) is 12.4. The summed E-state index contributed by atoms with van der Waals surface area (Å²) in [6, 6.07) is 4.07. The average molecular weight is 308 g/mol. The summed E-state index contributed by atoms with van der Waals surface area (Å²) >= 11 is 2.00. The molecule has 0 bridgehead atoms. The van der Waals surface area contributed by atoms with Crippen molar-refractivity contribution in [1.29, 1.82) is 0 Å². The predicted molar refractivity (Wildman–Crippen MR) is 65.9 cm³/mol. The van der Waals surface area contributed by atoms with E-state index in [0.717, 1.165) is 23.6 Å². The van der Waals surface area contributed by atoms with E-state index in [2.05, 4.69) is 4.37 Å². The number of aromatic nitrogens is 1. The van der Waals surface area contributed by atoms with Gasteiger partial charge in [-0.25, -0.2) is 0 Å². The Kier molecular flexibility index (Phi) is 3.87. The third kappa shape index (κ3) is 2.98. The smallest absolute Gasteiger partial charge is 0.289 e. The molecule has 98 valence electrons. The second-order valence-electron chi connectivity index (χ2n) is 3.25. The first-order chi connectivity index (χ1) is 8.38. The summed E-state index contributed by atoms with van der Waals surface area (Å²) in [6.07, 6.45) is 0. The van der Waals surface area contributed by atoms with Gasteiger partial charge in [-0.3, -0.25) is 9.76 Å². The van der Waals surface area contributed by atoms with Gasteiger partial charge in [0.05, 0.1) is 22.5 Å². The average Bonchev–Trinajstić information content (AvgIpc) is 2.67. The van der Waals surface area contributed by atoms with Crippen molar-refractivity contribution in [3.8, 4) is 0 Å². The number of nitrogens with zero attached hydrogens (tertiary/aromatic N) is 2. The number of hydrogen-bond donors (Lipinski definition) is 2. The first kappa shape index (κ1) is 13.7. The second-order valence-corrected chi connectivity index (χ2v) is 6.42. The van der Waals surface area contributed by atoms with Crippen molar-refractivity contribution in [3.63, 3.8) is 0 Å². The molecule has 2 rings (SSSR count). The van der Waals surface area contributed by atoms with Gasteiger partial charge in [0.25, 0.3) is 10.1 Å². The second kappa shape index (κ2) is 5.09. The van der Waals surface area contributed by atoms with Crippen molar-refractivity contribution in [2.45, 2.75) is 9.10 Å². The van der Waals surface area contributed by atoms with Crippen LogP contribution in [0.3, 0.4) is 0 Å². The Labute approximate surface area is 111 Å². The highest BCUT2D eigenvalue weighted by Gasteiger charge is 2.14. The minimum atomic E-state index is -4.23. The Morgan fingerprint density at radius 2 is 2.22 bits per heavy atom. The van der Waals surface area contributed by atoms with Crippen LogP contribution in [0.15, 0.2) is 27.3 Å². The van der Waals surface area contributed by atoms with Crippen LogP contribution in [0.5, 0.6) is 0 Å². The predicted octanol–water partition coefficient (Wildman–Crippen LogP) is 1.80. The van der Waals surface area contributed by atoms with Gasteiger partial charge >= 0.3 is 0 Å². The van der Waals surface area contributed by atoms with Crippen molar-refractivity contribution in [2.75, 3.05) is 7.05 Å². The molecule has 0 aliphatic heterocycles. The fourth-order valence-electron chi connectivity index (χ4n) is 1.21. The van der Waals surface area contributed by atoms with Crippen molar-refractivity contribution < 1.29 is 22.5 Å². The maximum Gasteiger partial charge on any atom is 0.294 e. The van der Waals surface area contributed by atoms with Gasteiger partial charge in [-0.15, -0.1) is 0 Å². The lowest BCUT2D eigenvalue weighted by atomic mass is 10.3. The largest absolute Gasteiger partial charge is 0.294 e. The van der Waals surface area contributed by atoms with Gasteiger partial charge in [0.2, 0.25) is 0 Å². The van der Waals surface area contributed by atoms with E-state index in [-0.39, 0.29) is 4.90 Å². The van der Waals surface area contributed by atoms with Gasteiger partial charge in [-0.05, 0) is 29.7 Å². The lowest BCUT2D eigenvalue weighted by Gasteiger charge is -2.04. The summed E-state index contributed by atoms with van der Waals surface area (Å²) in [7, 11) is -2.92. The lowest BCUT2D eigenvalue weighted by molar-refractivity contribution is -0.252. The van der Waals surface area contributed by atoms with Crippen LogP contribution in [0.25, 0.3) is 10.9 Å². The molecule has 0 unspecified atom stereocenters. The van der Waals surface area contributed by atoms with E-state index in [4.69, 9.17) is 14.0 Å². The van der Waals surface area contributed by atoms with Crippen LogP contribution >= 0.6 is 23.6 Å². The summed E-state index contributed by atoms with van der Waals surface area (Å²) in [5.74, 6) is 0. The molecule has 1 aromatic carbocycles. The molecular formula is C8H8N2O5S3. The molecule has 7 nitrogen and oxygen atoms in total. The van der Waals surface area contributed by atoms with Gasteiger partial charge in [0, 0.05) is 12.4 Å². The van der Waals surface area contributed by atoms with Crippen LogP contribution in [0.4, 0.5) is 0 Å². The maximum absolute atomic E-state index is 11.0. The quantitative estimate of drug-likeness (QED) is 0.501. The van der Waals surface area contributed by atoms with Crippen LogP contribution in [0.1, 0.15) is 0 Å². The van der Waals surface area contributed by atoms with E-state index in [1.807, 2.05) is 0 Å². The number of hydroxylamine groups is 2. The summed E-state index contributed by atoms with van der Waals surface area (Å²) in [6.45, 7) is 0. The van der Waals surface area contributed by atoms with Crippen LogP contribution in [-0.4, -0.2) is 34.8 Å². The molecular weight excluding hydrogens is 300 g/mol. The molecule has 0 aliphatic rings. The number of benzene rings is 1. The topological polar surface area (TPSA) is 100.0 Å². The maximum atomic E-state index is 11.0. The number of hydrogen-bond acceptors (Lipinski definition) is 8. The Hall–Kier alpha value is -0.750. The molecule has 1 heterocycles. The Bertz CT molecular complexity index is 666. The minimum absolute atomic E-state index is 0.211. The highest BCUT2D eigenvalue weighted by Crippen LogP contribution is 2.33. The molecule has 0 saturated heterocycles. The molecule has 0 amide bonds. The number of fused-ring (bicyclic) bond motifs is 1. The Balaban J connectivity index is 2.38. The standard InChI is InChI=1S/C8H8N2O5S3/c1-10(11)15-17-8-6-3-2-5(18(12,13)14)4-7(6)9-16-8/h2-4,11H,1H3,(H,12,13,14). The summed E-state index contributed by atoms with van der Waals surface area (Å²) in [5.41, 5.74) is 0.432. The highest BCUT2D eigenvalue weighted by atomic mass is 32.2. The molecule has 2 N–H and O–H groups in total. The van der Waals surface area contributed by atoms with E-state index in [1.54, 1.807) is 0 Å². The third-order valence-electron chi connectivity index (χ3n) is 1.93. The Morgan fingerprint density at radius 3 is 2.83 bits per heavy atom. The van der Waals surface area contributed by atoms with Gasteiger partial charge in [0.1, 0.15) is 4.21 Å². The zero-order valence-corrected chi connectivity index (χ0v) is 11.4. The molecule has 1 aromatic heterocycles. The highest BCUT2D eigenvalue weighted by molar-refractivity contribution is 7.96. The van der Waals surface area contributed by atoms with Crippen LogP contribution in [0, 0.1) is 0 Å². The molecule has 10 heteroatoms. The minimum Gasteiger partial charge on any atom is -0.289 e. The molecule has 18 heavy (non-hydrogen) atoms. The molecule has 0 radical (unpaired) electrons. The van der Waals surface area contributed by atoms with Crippen molar-refractivity contribution in [2.24, 2.45) is 0 Å². The SMILES string of the molecule is CN(O)OSc1snc2cc(S(=O)(=O)O)ccc12. The van der Waals surface area contributed by atoms with E-state index >= 15 is 0 Å². The molecule has 0 fully saturated rings. The summed E-state index contributed by atoms with van der Waals surface area (Å²) in [4.78, 5) is -0.211. The van der Waals surface area contributed by atoms with E-state index < -0.39 is 10.1 Å². The summed E-state index contributed by atoms with van der Waals surface area (Å²) < 4.78 is 40.3. The zero-order valence-electron chi connectivity index (χ0n) is 8.97. The first-order valence-corrected chi connectivity index (χ1v) is 7.47. The van der Waals surface area contributed by atoms with E-state index in [1.165, 1.54) is 25.2 Å². The van der Waals surface area contributed by atoms with Gasteiger partial charge in [-0.2, -0.15) is 17.1 Å². The van der Waals surface area contributed by atoms with Crippen LogP contribution < -0.4 is 0 Å². The van der Waals surface area contributed by atoms with Crippen molar-refractivity contribution in [3.05, 3.63) is 18.2 Å². The summed E-state index contributed by atoms with van der Waals surface area (Å²) in [5, 5.41) is 10.1. The first-order valence-electron chi connectivity index (χ1n) is 4.52. The van der Waals surface area contributed by atoms with Crippen molar-refractivity contribution in [1.82, 2.24) is 9.60 Å². The van der Waals surface area contributed by atoms with E-state index in [0.29, 0.717) is 20.3 Å². The fourth-order valence-corrected chi connectivity index (χ4v) is 3.07.